The van der Waals surface area contributed by atoms with Crippen LogP contribution in [0.15, 0.2) is 41.6 Å². The first-order chi connectivity index (χ1) is 9.94. The van der Waals surface area contributed by atoms with Crippen LogP contribution >= 0.6 is 0 Å². The first-order valence-corrected chi connectivity index (χ1v) is 5.43. The van der Waals surface area contributed by atoms with Gasteiger partial charge in [-0.15, -0.1) is 0 Å². The molecule has 0 atom stereocenters. The van der Waals surface area contributed by atoms with Crippen molar-refractivity contribution in [2.45, 2.75) is 12.4 Å². The summed E-state index contributed by atoms with van der Waals surface area (Å²) in [7, 11) is 0. The predicted octanol–water partition coefficient (Wildman–Crippen LogP) is 2.88. The zero-order valence-electron chi connectivity index (χ0n) is 10.4. The smallest absolute Gasteiger partial charge is 0.423 e. The van der Waals surface area contributed by atoms with E-state index in [1.165, 1.54) is 18.2 Å². The predicted molar refractivity (Wildman–Crippen MR) is 60.7 cm³/mol. The molecule has 120 valence electrons. The van der Waals surface area contributed by atoms with Crippen LogP contribution in [0.3, 0.4) is 0 Å². The van der Waals surface area contributed by atoms with Crippen LogP contribution in [0.2, 0.25) is 0 Å². The largest absolute Gasteiger partial charge is 0.477 e. The monoisotopic (exact) mass is 327 g/mol. The Kier molecular flexibility index (Phi) is 4.84. The molecule has 0 unspecified atom stereocenters. The van der Waals surface area contributed by atoms with E-state index in [2.05, 4.69) is 0 Å². The second kappa shape index (κ2) is 6.08. The summed E-state index contributed by atoms with van der Waals surface area (Å²) in [6.45, 7) is 0. The molecule has 1 amide bonds. The number of nitrogens with one attached hydrogen (secondary N) is 1. The fraction of sp³-hybridized carbons (Fsp3) is 0.167. The van der Waals surface area contributed by atoms with E-state index in [9.17, 15) is 35.9 Å². The summed E-state index contributed by atoms with van der Waals surface area (Å²) in [5.41, 5.74) is -5.88. The molecule has 0 fully saturated rings. The minimum atomic E-state index is -6.00. The quantitative estimate of drug-likeness (QED) is 0.663. The van der Waals surface area contributed by atoms with Crippen LogP contribution in [0.4, 0.5) is 26.3 Å². The van der Waals surface area contributed by atoms with Gasteiger partial charge in [0.25, 0.3) is 5.91 Å². The second-order valence-corrected chi connectivity index (χ2v) is 3.87. The third kappa shape index (κ3) is 4.24. The average molecular weight is 327 g/mol. The van der Waals surface area contributed by atoms with Gasteiger partial charge in [-0.1, -0.05) is 18.2 Å². The molecule has 0 radical (unpaired) electrons. The molecule has 4 nitrogen and oxygen atoms in total. The minimum absolute atomic E-state index is 0.301. The lowest BCUT2D eigenvalue weighted by molar-refractivity contribution is -0.175. The topological polar surface area (TPSA) is 66.4 Å². The molecule has 0 bridgehead atoms. The van der Waals surface area contributed by atoms with E-state index in [-0.39, 0.29) is 5.56 Å². The van der Waals surface area contributed by atoms with Gasteiger partial charge < -0.3 is 10.4 Å². The maximum Gasteiger partial charge on any atom is 0.423 e. The summed E-state index contributed by atoms with van der Waals surface area (Å²) < 4.78 is 74.9. The molecule has 0 aliphatic carbocycles. The highest BCUT2D eigenvalue weighted by Crippen LogP contribution is 2.40. The Morgan fingerprint density at radius 3 is 1.73 bits per heavy atom. The van der Waals surface area contributed by atoms with Gasteiger partial charge in [0.15, 0.2) is 5.57 Å². The van der Waals surface area contributed by atoms with Crippen LogP contribution in [0.5, 0.6) is 0 Å². The van der Waals surface area contributed by atoms with Crippen molar-refractivity contribution < 1.29 is 41.0 Å². The first-order valence-electron chi connectivity index (χ1n) is 5.43. The molecule has 2 N–H and O–H groups in total. The summed E-state index contributed by atoms with van der Waals surface area (Å²) in [5.74, 6) is -3.97. The van der Waals surface area contributed by atoms with Gasteiger partial charge in [-0.25, -0.2) is 4.79 Å². The van der Waals surface area contributed by atoms with E-state index >= 15 is 0 Å². The lowest BCUT2D eigenvalue weighted by atomic mass is 10.1. The van der Waals surface area contributed by atoms with Crippen LogP contribution in [0, 0.1) is 0 Å². The van der Waals surface area contributed by atoms with E-state index in [1.54, 1.807) is 0 Å². The van der Waals surface area contributed by atoms with Crippen molar-refractivity contribution in [3.05, 3.63) is 47.2 Å². The van der Waals surface area contributed by atoms with Gasteiger partial charge in [0.05, 0.1) is 0 Å². The number of carbonyl (C=O) groups excluding carboxylic acids is 1. The molecule has 0 saturated heterocycles. The number of rotatable bonds is 3. The van der Waals surface area contributed by atoms with E-state index in [4.69, 9.17) is 5.11 Å². The number of halogens is 6. The number of allylic oxidation sites excluding steroid dienone is 1. The molecule has 0 saturated carbocycles. The second-order valence-electron chi connectivity index (χ2n) is 3.87. The summed E-state index contributed by atoms with van der Waals surface area (Å²) in [6.07, 6.45) is -12.0. The standard InChI is InChI=1S/C12H7F6NO3/c13-11(14,15)8(12(16,17)18)7(10(21)22)19-9(20)6-4-2-1-3-5-6/h1-5H,(H,19,20)(H,21,22). The average Bonchev–Trinajstić information content (AvgIpc) is 2.35. The zero-order chi connectivity index (χ0) is 17.1. The number of hydrogen-bond acceptors (Lipinski definition) is 2. The number of alkyl halides is 6. The third-order valence-electron chi connectivity index (χ3n) is 2.31. The van der Waals surface area contributed by atoms with Crippen molar-refractivity contribution in [3.8, 4) is 0 Å². The number of hydrogen-bond donors (Lipinski definition) is 2. The Morgan fingerprint density at radius 1 is 0.909 bits per heavy atom. The highest BCUT2D eigenvalue weighted by molar-refractivity contribution is 6.01. The molecule has 0 aliphatic rings. The molecular weight excluding hydrogens is 320 g/mol. The highest BCUT2D eigenvalue weighted by atomic mass is 19.4. The van der Waals surface area contributed by atoms with E-state index < -0.39 is 35.5 Å². The Hall–Kier alpha value is -2.52. The summed E-state index contributed by atoms with van der Waals surface area (Å²) in [6, 6.07) is 6.23. The van der Waals surface area contributed by atoms with Crippen molar-refractivity contribution >= 4 is 11.9 Å². The number of aliphatic carboxylic acids is 1. The zero-order valence-corrected chi connectivity index (χ0v) is 10.4. The number of carbonyl (C=O) groups is 2. The molecule has 0 spiro atoms. The number of benzene rings is 1. The minimum Gasteiger partial charge on any atom is -0.477 e. The van der Waals surface area contributed by atoms with Crippen molar-refractivity contribution in [1.82, 2.24) is 5.32 Å². The Morgan fingerprint density at radius 2 is 1.36 bits per heavy atom. The number of carboxylic acid groups (broad SMARTS) is 1. The maximum absolute atomic E-state index is 12.5. The van der Waals surface area contributed by atoms with Crippen LogP contribution in [-0.2, 0) is 4.79 Å². The van der Waals surface area contributed by atoms with Gasteiger partial charge in [-0.05, 0) is 12.1 Å². The van der Waals surface area contributed by atoms with E-state index in [0.29, 0.717) is 0 Å². The van der Waals surface area contributed by atoms with Gasteiger partial charge >= 0.3 is 18.3 Å². The molecule has 1 aromatic rings. The van der Waals surface area contributed by atoms with Crippen LogP contribution < -0.4 is 5.32 Å². The highest BCUT2D eigenvalue weighted by Gasteiger charge is 2.54. The normalized spacial score (nSPS) is 11.7. The Balaban J connectivity index is 3.36. The van der Waals surface area contributed by atoms with Crippen LogP contribution in [-0.4, -0.2) is 29.3 Å². The molecule has 22 heavy (non-hydrogen) atoms. The molecule has 0 heterocycles. The molecule has 0 aromatic heterocycles. The van der Waals surface area contributed by atoms with Crippen molar-refractivity contribution in [2.24, 2.45) is 0 Å². The van der Waals surface area contributed by atoms with Gasteiger partial charge in [0.2, 0.25) is 0 Å². The van der Waals surface area contributed by atoms with Gasteiger partial charge in [0, 0.05) is 5.56 Å². The molecular formula is C12H7F6NO3. The molecule has 10 heteroatoms. The Bertz CT molecular complexity index is 588. The third-order valence-corrected chi connectivity index (χ3v) is 2.31. The molecule has 1 rings (SSSR count). The Labute approximate surface area is 119 Å². The summed E-state index contributed by atoms with van der Waals surface area (Å²) in [4.78, 5) is 22.3. The fourth-order valence-corrected chi connectivity index (χ4v) is 1.44. The SMILES string of the molecule is O=C(O)C(NC(=O)c1ccccc1)=C(C(F)(F)F)C(F)(F)F. The van der Waals surface area contributed by atoms with E-state index in [0.717, 1.165) is 17.4 Å². The van der Waals surface area contributed by atoms with Crippen molar-refractivity contribution in [1.29, 1.82) is 0 Å². The number of carboxylic acids is 1. The number of amides is 1. The van der Waals surface area contributed by atoms with Crippen LogP contribution in [0.25, 0.3) is 0 Å². The fourth-order valence-electron chi connectivity index (χ4n) is 1.44. The van der Waals surface area contributed by atoms with Crippen molar-refractivity contribution in [2.75, 3.05) is 0 Å². The summed E-state index contributed by atoms with van der Waals surface area (Å²) in [5, 5.41) is 9.74. The van der Waals surface area contributed by atoms with Gasteiger partial charge in [0.1, 0.15) is 5.70 Å². The summed E-state index contributed by atoms with van der Waals surface area (Å²) >= 11 is 0. The van der Waals surface area contributed by atoms with Gasteiger partial charge in [-0.3, -0.25) is 4.79 Å². The molecule has 0 aliphatic heterocycles. The van der Waals surface area contributed by atoms with Gasteiger partial charge in [-0.2, -0.15) is 26.3 Å². The first kappa shape index (κ1) is 17.5. The van der Waals surface area contributed by atoms with Crippen molar-refractivity contribution in [3.63, 3.8) is 0 Å². The van der Waals surface area contributed by atoms with Crippen LogP contribution in [0.1, 0.15) is 10.4 Å². The lowest BCUT2D eigenvalue weighted by Gasteiger charge is -2.18. The molecule has 1 aromatic carbocycles. The van der Waals surface area contributed by atoms with E-state index in [1.807, 2.05) is 0 Å². The lowest BCUT2D eigenvalue weighted by Crippen LogP contribution is -2.37. The maximum atomic E-state index is 12.5.